The van der Waals surface area contributed by atoms with Gasteiger partial charge in [0.05, 0.1) is 16.3 Å². The van der Waals surface area contributed by atoms with E-state index in [-0.39, 0.29) is 11.9 Å². The molecule has 4 rings (SSSR count). The van der Waals surface area contributed by atoms with Gasteiger partial charge >= 0.3 is 0 Å². The molecule has 1 amide bonds. The van der Waals surface area contributed by atoms with Crippen molar-refractivity contribution in [1.29, 1.82) is 0 Å². The lowest BCUT2D eigenvalue weighted by molar-refractivity contribution is 0.0932. The summed E-state index contributed by atoms with van der Waals surface area (Å²) >= 11 is 1.64. The SMILES string of the molecule is C[C@@H](NC(=O)c1cc2sccc2n1C)c1ccc2c(c1)OCCO2. The zero-order valence-corrected chi connectivity index (χ0v) is 14.4. The molecule has 0 bridgehead atoms. The monoisotopic (exact) mass is 342 g/mol. The van der Waals surface area contributed by atoms with Crippen LogP contribution < -0.4 is 14.8 Å². The van der Waals surface area contributed by atoms with Crippen molar-refractivity contribution < 1.29 is 14.3 Å². The number of amides is 1. The van der Waals surface area contributed by atoms with Crippen LogP contribution in [0.15, 0.2) is 35.7 Å². The predicted octanol–water partition coefficient (Wildman–Crippen LogP) is 3.50. The fraction of sp³-hybridized carbons (Fsp3) is 0.278. The van der Waals surface area contributed by atoms with Crippen LogP contribution in [0.2, 0.25) is 0 Å². The average molecular weight is 342 g/mol. The number of benzene rings is 1. The molecule has 3 heterocycles. The topological polar surface area (TPSA) is 52.5 Å². The molecule has 3 aromatic rings. The van der Waals surface area contributed by atoms with Crippen LogP contribution in [0.1, 0.15) is 29.0 Å². The molecule has 1 aliphatic heterocycles. The van der Waals surface area contributed by atoms with Gasteiger partial charge in [-0.1, -0.05) is 6.07 Å². The lowest BCUT2D eigenvalue weighted by atomic mass is 10.1. The van der Waals surface area contributed by atoms with Gasteiger partial charge < -0.3 is 19.4 Å². The number of aromatic nitrogens is 1. The van der Waals surface area contributed by atoms with Crippen molar-refractivity contribution in [3.8, 4) is 11.5 Å². The number of fused-ring (bicyclic) bond motifs is 2. The molecule has 1 aliphatic rings. The van der Waals surface area contributed by atoms with E-state index in [4.69, 9.17) is 9.47 Å². The molecule has 0 fully saturated rings. The van der Waals surface area contributed by atoms with Crippen molar-refractivity contribution in [2.75, 3.05) is 13.2 Å². The largest absolute Gasteiger partial charge is 0.486 e. The van der Waals surface area contributed by atoms with Gasteiger partial charge in [0.15, 0.2) is 11.5 Å². The molecule has 0 saturated carbocycles. The van der Waals surface area contributed by atoms with Gasteiger partial charge in [-0.2, -0.15) is 0 Å². The zero-order valence-electron chi connectivity index (χ0n) is 13.5. The second kappa shape index (κ2) is 5.87. The van der Waals surface area contributed by atoms with Crippen molar-refractivity contribution in [2.24, 2.45) is 7.05 Å². The van der Waals surface area contributed by atoms with Crippen LogP contribution in [0.5, 0.6) is 11.5 Å². The summed E-state index contributed by atoms with van der Waals surface area (Å²) in [4.78, 5) is 12.6. The Hall–Kier alpha value is -2.47. The highest BCUT2D eigenvalue weighted by Crippen LogP contribution is 2.32. The summed E-state index contributed by atoms with van der Waals surface area (Å²) in [6.45, 7) is 3.09. The summed E-state index contributed by atoms with van der Waals surface area (Å²) < 4.78 is 14.2. The van der Waals surface area contributed by atoms with Gasteiger partial charge in [0.1, 0.15) is 18.9 Å². The predicted molar refractivity (Wildman–Crippen MR) is 94.1 cm³/mol. The molecule has 0 radical (unpaired) electrons. The maximum atomic E-state index is 12.6. The number of rotatable bonds is 3. The van der Waals surface area contributed by atoms with E-state index < -0.39 is 0 Å². The average Bonchev–Trinajstić information content (AvgIpc) is 3.17. The molecule has 2 aromatic heterocycles. The standard InChI is InChI=1S/C18H18N2O3S/c1-11(12-3-4-15-16(9-12)23-7-6-22-15)19-18(21)14-10-17-13(20(14)2)5-8-24-17/h3-5,8-11H,6-7H2,1-2H3,(H,19,21)/t11-/m1/s1. The van der Waals surface area contributed by atoms with Gasteiger partial charge in [-0.3, -0.25) is 4.79 Å². The highest BCUT2D eigenvalue weighted by molar-refractivity contribution is 7.17. The minimum Gasteiger partial charge on any atom is -0.486 e. The molecule has 0 spiro atoms. The molecule has 6 heteroatoms. The minimum atomic E-state index is -0.124. The summed E-state index contributed by atoms with van der Waals surface area (Å²) in [6.07, 6.45) is 0. The maximum Gasteiger partial charge on any atom is 0.268 e. The summed E-state index contributed by atoms with van der Waals surface area (Å²) in [5, 5.41) is 5.09. The van der Waals surface area contributed by atoms with Gasteiger partial charge in [0.2, 0.25) is 0 Å². The van der Waals surface area contributed by atoms with E-state index in [1.165, 1.54) is 0 Å². The van der Waals surface area contributed by atoms with Crippen LogP contribution in [0.3, 0.4) is 0 Å². The number of hydrogen-bond donors (Lipinski definition) is 1. The van der Waals surface area contributed by atoms with Crippen LogP contribution in [-0.2, 0) is 7.05 Å². The maximum absolute atomic E-state index is 12.6. The van der Waals surface area contributed by atoms with Gasteiger partial charge in [0.25, 0.3) is 5.91 Å². The zero-order chi connectivity index (χ0) is 16.7. The van der Waals surface area contributed by atoms with Crippen molar-refractivity contribution in [2.45, 2.75) is 13.0 Å². The normalized spacial score (nSPS) is 14.6. The fourth-order valence-electron chi connectivity index (χ4n) is 2.95. The first-order chi connectivity index (χ1) is 11.6. The molecular weight excluding hydrogens is 324 g/mol. The molecule has 0 aliphatic carbocycles. The third-order valence-electron chi connectivity index (χ3n) is 4.31. The number of nitrogens with one attached hydrogen (secondary N) is 1. The lowest BCUT2D eigenvalue weighted by Gasteiger charge is -2.21. The van der Waals surface area contributed by atoms with Crippen molar-refractivity contribution in [3.63, 3.8) is 0 Å². The number of aryl methyl sites for hydroxylation is 1. The Labute approximate surface area is 143 Å². The van der Waals surface area contributed by atoms with Gasteiger partial charge in [0, 0.05) is 7.05 Å². The Balaban J connectivity index is 1.55. The molecule has 24 heavy (non-hydrogen) atoms. The Kier molecular flexibility index (Phi) is 3.69. The number of carbonyl (C=O) groups excluding carboxylic acids is 1. The molecule has 0 saturated heterocycles. The Morgan fingerprint density at radius 2 is 2.00 bits per heavy atom. The molecule has 1 N–H and O–H groups in total. The van der Waals surface area contributed by atoms with Crippen LogP contribution in [0, 0.1) is 0 Å². The van der Waals surface area contributed by atoms with Gasteiger partial charge in [-0.05, 0) is 42.1 Å². The van der Waals surface area contributed by atoms with E-state index in [0.717, 1.165) is 27.3 Å². The summed E-state index contributed by atoms with van der Waals surface area (Å²) in [7, 11) is 1.92. The third kappa shape index (κ3) is 2.53. The first-order valence-corrected chi connectivity index (χ1v) is 8.75. The molecule has 0 unspecified atom stereocenters. The Morgan fingerprint density at radius 3 is 2.79 bits per heavy atom. The highest BCUT2D eigenvalue weighted by Gasteiger charge is 2.19. The molecule has 5 nitrogen and oxygen atoms in total. The van der Waals surface area contributed by atoms with E-state index in [2.05, 4.69) is 5.32 Å². The first kappa shape index (κ1) is 15.1. The van der Waals surface area contributed by atoms with E-state index in [1.54, 1.807) is 11.3 Å². The van der Waals surface area contributed by atoms with Crippen LogP contribution in [-0.4, -0.2) is 23.7 Å². The molecule has 1 atom stereocenters. The summed E-state index contributed by atoms with van der Waals surface area (Å²) in [5.74, 6) is 1.41. The quantitative estimate of drug-likeness (QED) is 0.792. The Bertz CT molecular complexity index is 912. The van der Waals surface area contributed by atoms with E-state index in [9.17, 15) is 4.79 Å². The van der Waals surface area contributed by atoms with Crippen molar-refractivity contribution >= 4 is 27.5 Å². The van der Waals surface area contributed by atoms with Crippen molar-refractivity contribution in [3.05, 3.63) is 47.0 Å². The van der Waals surface area contributed by atoms with E-state index in [1.807, 2.05) is 54.3 Å². The molecular formula is C18H18N2O3S. The number of thiophene rings is 1. The van der Waals surface area contributed by atoms with Crippen LogP contribution in [0.4, 0.5) is 0 Å². The highest BCUT2D eigenvalue weighted by atomic mass is 32.1. The number of carbonyl (C=O) groups is 1. The van der Waals surface area contributed by atoms with Crippen molar-refractivity contribution in [1.82, 2.24) is 9.88 Å². The van der Waals surface area contributed by atoms with Crippen LogP contribution in [0.25, 0.3) is 10.2 Å². The second-order valence-electron chi connectivity index (χ2n) is 5.86. The minimum absolute atomic E-state index is 0.0803. The molecule has 1 aromatic carbocycles. The number of ether oxygens (including phenoxy) is 2. The fourth-order valence-corrected chi connectivity index (χ4v) is 3.80. The number of nitrogens with zero attached hydrogens (tertiary/aromatic N) is 1. The third-order valence-corrected chi connectivity index (χ3v) is 5.16. The smallest absolute Gasteiger partial charge is 0.268 e. The summed E-state index contributed by atoms with van der Waals surface area (Å²) in [5.41, 5.74) is 2.74. The summed E-state index contributed by atoms with van der Waals surface area (Å²) in [6, 6.07) is 9.63. The second-order valence-corrected chi connectivity index (χ2v) is 6.80. The Morgan fingerprint density at radius 1 is 1.21 bits per heavy atom. The lowest BCUT2D eigenvalue weighted by Crippen LogP contribution is -2.28. The van der Waals surface area contributed by atoms with E-state index >= 15 is 0 Å². The van der Waals surface area contributed by atoms with E-state index in [0.29, 0.717) is 18.9 Å². The van der Waals surface area contributed by atoms with Gasteiger partial charge in [-0.15, -0.1) is 11.3 Å². The van der Waals surface area contributed by atoms with Gasteiger partial charge in [-0.25, -0.2) is 0 Å². The molecule has 124 valence electrons. The number of hydrogen-bond acceptors (Lipinski definition) is 4. The first-order valence-electron chi connectivity index (χ1n) is 7.87. The van der Waals surface area contributed by atoms with Crippen LogP contribution >= 0.6 is 11.3 Å².